The molecule has 0 aliphatic heterocycles. The largest absolute Gasteiger partial charge is 0.343 e. The molecule has 2 bridgehead atoms. The summed E-state index contributed by atoms with van der Waals surface area (Å²) in [4.78, 5) is 4.16. The lowest BCUT2D eigenvalue weighted by atomic mass is 9.75. The third-order valence-electron chi connectivity index (χ3n) is 6.17. The van der Waals surface area contributed by atoms with Crippen molar-refractivity contribution in [3.05, 3.63) is 59.4 Å². The lowest BCUT2D eigenvalue weighted by Gasteiger charge is -2.29. The summed E-state index contributed by atoms with van der Waals surface area (Å²) in [6, 6.07) is 5.63. The lowest BCUT2D eigenvalue weighted by molar-refractivity contribution is 0.323. The molecule has 26 heavy (non-hydrogen) atoms. The fourth-order valence-electron chi connectivity index (χ4n) is 4.86. The van der Waals surface area contributed by atoms with Gasteiger partial charge in [0, 0.05) is 11.8 Å². The van der Waals surface area contributed by atoms with Gasteiger partial charge < -0.3 is 4.52 Å². The van der Waals surface area contributed by atoms with Crippen LogP contribution in [0, 0.1) is 17.6 Å². The number of benzene rings is 1. The maximum Gasteiger partial charge on any atom is 0.213 e. The number of nitrogens with zero attached hydrogens (tertiary/aromatic N) is 4. The summed E-state index contributed by atoms with van der Waals surface area (Å²) in [7, 11) is 0. The Hall–Kier alpha value is -2.70. The number of halogens is 2. The van der Waals surface area contributed by atoms with Crippen molar-refractivity contribution < 1.29 is 13.3 Å². The fraction of sp³-hybridized carbons (Fsp3) is 0.368. The van der Waals surface area contributed by atoms with Gasteiger partial charge in [0.25, 0.3) is 0 Å². The van der Waals surface area contributed by atoms with Gasteiger partial charge in [-0.25, -0.2) is 8.78 Å². The van der Waals surface area contributed by atoms with Crippen LogP contribution in [0.3, 0.4) is 0 Å². The zero-order chi connectivity index (χ0) is 17.9. The summed E-state index contributed by atoms with van der Waals surface area (Å²) >= 11 is 0. The number of hydrogen-bond acceptors (Lipinski definition) is 5. The van der Waals surface area contributed by atoms with Crippen molar-refractivity contribution in [2.45, 2.75) is 37.5 Å². The highest BCUT2D eigenvalue weighted by Crippen LogP contribution is 2.61. The molecule has 0 saturated heterocycles. The van der Waals surface area contributed by atoms with Gasteiger partial charge in [-0.15, -0.1) is 0 Å². The van der Waals surface area contributed by atoms with E-state index in [9.17, 15) is 8.78 Å². The van der Waals surface area contributed by atoms with Crippen LogP contribution in [0.25, 0.3) is 11.3 Å². The minimum atomic E-state index is -0.628. The first kappa shape index (κ1) is 15.5. The van der Waals surface area contributed by atoms with Gasteiger partial charge in [-0.1, -0.05) is 18.1 Å². The lowest BCUT2D eigenvalue weighted by Crippen LogP contribution is -2.31. The summed E-state index contributed by atoms with van der Waals surface area (Å²) in [6.07, 6.45) is 3.95. The second-order valence-electron chi connectivity index (χ2n) is 7.24. The molecule has 1 saturated carbocycles. The fourth-order valence-corrected chi connectivity index (χ4v) is 4.86. The predicted octanol–water partition coefficient (Wildman–Crippen LogP) is 3.81. The van der Waals surface area contributed by atoms with Crippen molar-refractivity contribution in [1.82, 2.24) is 20.3 Å². The number of rotatable bonds is 3. The van der Waals surface area contributed by atoms with E-state index >= 15 is 0 Å². The van der Waals surface area contributed by atoms with Gasteiger partial charge in [-0.3, -0.25) is 0 Å². The maximum absolute atomic E-state index is 14.1. The molecule has 2 aromatic heterocycles. The topological polar surface area (TPSA) is 64.7 Å². The summed E-state index contributed by atoms with van der Waals surface area (Å²) < 4.78 is 33.2. The molecule has 3 atom stereocenters. The molecule has 3 unspecified atom stereocenters. The quantitative estimate of drug-likeness (QED) is 0.716. The van der Waals surface area contributed by atoms with Crippen LogP contribution in [0.4, 0.5) is 8.78 Å². The number of aromatic nitrogens is 4. The smallest absolute Gasteiger partial charge is 0.213 e. The van der Waals surface area contributed by atoms with Crippen LogP contribution in [-0.2, 0) is 11.8 Å². The average molecular weight is 354 g/mol. The zero-order valence-electron chi connectivity index (χ0n) is 14.1. The minimum Gasteiger partial charge on any atom is -0.343 e. The van der Waals surface area contributed by atoms with Crippen molar-refractivity contribution in [1.29, 1.82) is 0 Å². The molecule has 2 aliphatic carbocycles. The molecule has 3 aromatic rings. The Morgan fingerprint density at radius 1 is 1.23 bits per heavy atom. The summed E-state index contributed by atoms with van der Waals surface area (Å²) in [5.41, 5.74) is 1.88. The summed E-state index contributed by atoms with van der Waals surface area (Å²) in [6.45, 7) is 2.20. The van der Waals surface area contributed by atoms with Crippen LogP contribution >= 0.6 is 0 Å². The number of hydrogen-bond donors (Lipinski definition) is 0. The standard InChI is InChI=1S/C19H16F2N4O/c1-10-11-5-6-19(10,8-16-22-9-26-25-16)18-12(11)7-15(23-24-18)17-13(20)3-2-4-14(17)21/h2-4,7,9-11H,5-6,8H2,1H3. The highest BCUT2D eigenvalue weighted by molar-refractivity contribution is 5.62. The van der Waals surface area contributed by atoms with Crippen molar-refractivity contribution in [2.24, 2.45) is 5.92 Å². The van der Waals surface area contributed by atoms with Crippen molar-refractivity contribution in [3.63, 3.8) is 0 Å². The molecule has 5 nitrogen and oxygen atoms in total. The second-order valence-corrected chi connectivity index (χ2v) is 7.24. The SMILES string of the molecule is CC1C2CCC1(Cc1ncon1)c1nnc(-c3c(F)cccc3F)cc12. The Balaban J connectivity index is 1.62. The third kappa shape index (κ3) is 2.00. The van der Waals surface area contributed by atoms with Crippen molar-refractivity contribution in [2.75, 3.05) is 0 Å². The number of fused-ring (bicyclic) bond motifs is 5. The van der Waals surface area contributed by atoms with Crippen LogP contribution in [-0.4, -0.2) is 20.3 Å². The Bertz CT molecular complexity index is 971. The van der Waals surface area contributed by atoms with E-state index in [-0.39, 0.29) is 16.7 Å². The second kappa shape index (κ2) is 5.40. The van der Waals surface area contributed by atoms with E-state index in [0.29, 0.717) is 24.1 Å². The Kier molecular flexibility index (Phi) is 3.23. The Labute approximate surface area is 148 Å². The minimum absolute atomic E-state index is 0.120. The van der Waals surface area contributed by atoms with Crippen LogP contribution in [0.5, 0.6) is 0 Å². The molecule has 0 amide bonds. The summed E-state index contributed by atoms with van der Waals surface area (Å²) in [5.74, 6) is 0.0392. The molecular formula is C19H16F2N4O. The third-order valence-corrected chi connectivity index (χ3v) is 6.17. The van der Waals surface area contributed by atoms with E-state index in [1.165, 1.54) is 24.6 Å². The van der Waals surface area contributed by atoms with Crippen LogP contribution in [0.1, 0.15) is 42.8 Å². The van der Waals surface area contributed by atoms with Gasteiger partial charge in [-0.2, -0.15) is 15.2 Å². The zero-order valence-corrected chi connectivity index (χ0v) is 14.1. The Morgan fingerprint density at radius 3 is 2.77 bits per heavy atom. The normalized spacial score (nSPS) is 26.3. The first-order chi connectivity index (χ1) is 12.6. The van der Waals surface area contributed by atoms with Gasteiger partial charge in [-0.05, 0) is 48.4 Å². The molecular weight excluding hydrogens is 338 g/mol. The molecule has 132 valence electrons. The van der Waals surface area contributed by atoms with E-state index in [1.807, 2.05) is 6.07 Å². The molecule has 0 radical (unpaired) electrons. The van der Waals surface area contributed by atoms with Crippen LogP contribution < -0.4 is 0 Å². The van der Waals surface area contributed by atoms with E-state index in [0.717, 1.165) is 24.1 Å². The highest BCUT2D eigenvalue weighted by Gasteiger charge is 2.56. The first-order valence-corrected chi connectivity index (χ1v) is 8.68. The highest BCUT2D eigenvalue weighted by atomic mass is 19.1. The maximum atomic E-state index is 14.1. The molecule has 0 spiro atoms. The Morgan fingerprint density at radius 2 is 2.04 bits per heavy atom. The van der Waals surface area contributed by atoms with Crippen LogP contribution in [0.15, 0.2) is 35.2 Å². The molecule has 0 N–H and O–H groups in total. The first-order valence-electron chi connectivity index (χ1n) is 8.68. The molecule has 1 aromatic carbocycles. The van der Waals surface area contributed by atoms with Gasteiger partial charge >= 0.3 is 0 Å². The van der Waals surface area contributed by atoms with Gasteiger partial charge in [0.15, 0.2) is 5.82 Å². The predicted molar refractivity (Wildman–Crippen MR) is 88.2 cm³/mol. The average Bonchev–Trinajstić information content (AvgIpc) is 3.29. The van der Waals surface area contributed by atoms with Crippen LogP contribution in [0.2, 0.25) is 0 Å². The summed E-state index contributed by atoms with van der Waals surface area (Å²) in [5, 5.41) is 12.6. The van der Waals surface area contributed by atoms with E-state index in [2.05, 4.69) is 27.3 Å². The van der Waals surface area contributed by atoms with E-state index in [4.69, 9.17) is 4.52 Å². The molecule has 7 heteroatoms. The molecule has 2 heterocycles. The van der Waals surface area contributed by atoms with Crippen molar-refractivity contribution >= 4 is 0 Å². The molecule has 1 fully saturated rings. The monoisotopic (exact) mass is 354 g/mol. The molecule has 5 rings (SSSR count). The van der Waals surface area contributed by atoms with E-state index < -0.39 is 11.6 Å². The van der Waals surface area contributed by atoms with Gasteiger partial charge in [0.2, 0.25) is 6.39 Å². The molecule has 2 aliphatic rings. The van der Waals surface area contributed by atoms with E-state index in [1.54, 1.807) is 0 Å². The van der Waals surface area contributed by atoms with Crippen molar-refractivity contribution in [3.8, 4) is 11.3 Å². The van der Waals surface area contributed by atoms with Gasteiger partial charge in [0.05, 0.1) is 17.0 Å². The van der Waals surface area contributed by atoms with Gasteiger partial charge in [0.1, 0.15) is 11.6 Å².